The van der Waals surface area contributed by atoms with Crippen molar-refractivity contribution in [2.75, 3.05) is 17.2 Å². The van der Waals surface area contributed by atoms with Gasteiger partial charge in [-0.2, -0.15) is 0 Å². The molecule has 2 aromatic rings. The first-order chi connectivity index (χ1) is 11.5. The van der Waals surface area contributed by atoms with Crippen LogP contribution in [0.25, 0.3) is 0 Å². The molecule has 5 nitrogen and oxygen atoms in total. The third kappa shape index (κ3) is 5.19. The van der Waals surface area contributed by atoms with Crippen LogP contribution in [0.1, 0.15) is 48.0 Å². The average Bonchev–Trinajstić information content (AvgIpc) is 2.55. The molecule has 1 heterocycles. The lowest BCUT2D eigenvalue weighted by Gasteiger charge is -2.09. The van der Waals surface area contributed by atoms with Gasteiger partial charge in [-0.1, -0.05) is 13.8 Å². The first kappa shape index (κ1) is 17.7. The minimum Gasteiger partial charge on any atom is -0.384 e. The Kier molecular flexibility index (Phi) is 6.07. The minimum atomic E-state index is -0.278. The van der Waals surface area contributed by atoms with Crippen molar-refractivity contribution in [2.45, 2.75) is 27.2 Å². The van der Waals surface area contributed by atoms with Crippen LogP contribution in [0.4, 0.5) is 11.4 Å². The molecule has 0 saturated carbocycles. The molecule has 5 heteroatoms. The van der Waals surface area contributed by atoms with E-state index in [1.165, 1.54) is 6.92 Å². The Morgan fingerprint density at radius 3 is 2.25 bits per heavy atom. The van der Waals surface area contributed by atoms with Crippen molar-refractivity contribution in [3.05, 3.63) is 53.9 Å². The van der Waals surface area contributed by atoms with Gasteiger partial charge in [-0.05, 0) is 55.7 Å². The Morgan fingerprint density at radius 2 is 1.71 bits per heavy atom. The highest BCUT2D eigenvalue weighted by Gasteiger charge is 2.08. The molecule has 0 aliphatic rings. The van der Waals surface area contributed by atoms with E-state index in [9.17, 15) is 9.59 Å². The summed E-state index contributed by atoms with van der Waals surface area (Å²) in [5.74, 6) is 0.360. The van der Waals surface area contributed by atoms with Crippen LogP contribution < -0.4 is 10.6 Å². The molecule has 0 saturated heterocycles. The zero-order valence-electron chi connectivity index (χ0n) is 14.3. The van der Waals surface area contributed by atoms with Crippen LogP contribution in [0.2, 0.25) is 0 Å². The summed E-state index contributed by atoms with van der Waals surface area (Å²) in [6.07, 6.45) is 2.74. The van der Waals surface area contributed by atoms with Crippen LogP contribution in [0, 0.1) is 5.92 Å². The van der Waals surface area contributed by atoms with E-state index in [0.717, 1.165) is 18.7 Å². The maximum Gasteiger partial charge on any atom is 0.274 e. The smallest absolute Gasteiger partial charge is 0.274 e. The van der Waals surface area contributed by atoms with Gasteiger partial charge in [-0.25, -0.2) is 4.98 Å². The number of amides is 1. The van der Waals surface area contributed by atoms with E-state index in [1.54, 1.807) is 36.5 Å². The number of carbonyl (C=O) groups is 2. The van der Waals surface area contributed by atoms with E-state index in [1.807, 2.05) is 6.07 Å². The highest BCUT2D eigenvalue weighted by Crippen LogP contribution is 2.13. The van der Waals surface area contributed by atoms with Crippen LogP contribution >= 0.6 is 0 Å². The Hall–Kier alpha value is -2.69. The number of ketones is 1. The molecule has 2 N–H and O–H groups in total. The monoisotopic (exact) mass is 325 g/mol. The van der Waals surface area contributed by atoms with Crippen molar-refractivity contribution < 1.29 is 9.59 Å². The summed E-state index contributed by atoms with van der Waals surface area (Å²) in [5, 5.41) is 6.05. The van der Waals surface area contributed by atoms with E-state index in [-0.39, 0.29) is 11.7 Å². The predicted octanol–water partition coefficient (Wildman–Crippen LogP) is 3.99. The van der Waals surface area contributed by atoms with Crippen molar-refractivity contribution in [1.82, 2.24) is 4.98 Å². The molecular formula is C19H23N3O2. The molecule has 0 aliphatic heterocycles. The standard InChI is InChI=1S/C19H23N3O2/c1-13(2)10-11-20-17-8-9-18(21-12-17)19(24)22-16-6-4-15(5-7-16)14(3)23/h4-9,12-13,20H,10-11H2,1-3H3,(H,22,24). The summed E-state index contributed by atoms with van der Waals surface area (Å²) in [5.41, 5.74) is 2.49. The first-order valence-electron chi connectivity index (χ1n) is 8.08. The quantitative estimate of drug-likeness (QED) is 0.755. The number of anilines is 2. The summed E-state index contributed by atoms with van der Waals surface area (Å²) < 4.78 is 0. The molecule has 0 fully saturated rings. The van der Waals surface area contributed by atoms with Gasteiger partial charge in [0, 0.05) is 17.8 Å². The molecule has 1 amide bonds. The number of hydrogen-bond acceptors (Lipinski definition) is 4. The molecule has 126 valence electrons. The third-order valence-electron chi connectivity index (χ3n) is 3.60. The van der Waals surface area contributed by atoms with E-state index < -0.39 is 0 Å². The Bertz CT molecular complexity index is 692. The summed E-state index contributed by atoms with van der Waals surface area (Å²) in [6.45, 7) is 6.74. The normalized spacial score (nSPS) is 10.5. The van der Waals surface area contributed by atoms with E-state index in [2.05, 4.69) is 29.5 Å². The Morgan fingerprint density at radius 1 is 1.04 bits per heavy atom. The van der Waals surface area contributed by atoms with Crippen molar-refractivity contribution in [1.29, 1.82) is 0 Å². The molecular weight excluding hydrogens is 302 g/mol. The van der Waals surface area contributed by atoms with Gasteiger partial charge < -0.3 is 10.6 Å². The second-order valence-electron chi connectivity index (χ2n) is 6.13. The molecule has 0 unspecified atom stereocenters. The van der Waals surface area contributed by atoms with E-state index in [4.69, 9.17) is 0 Å². The third-order valence-corrected chi connectivity index (χ3v) is 3.60. The first-order valence-corrected chi connectivity index (χ1v) is 8.08. The summed E-state index contributed by atoms with van der Waals surface area (Å²) >= 11 is 0. The van der Waals surface area contributed by atoms with Crippen LogP contribution in [0.5, 0.6) is 0 Å². The molecule has 24 heavy (non-hydrogen) atoms. The lowest BCUT2D eigenvalue weighted by atomic mass is 10.1. The molecule has 2 rings (SSSR count). The van der Waals surface area contributed by atoms with E-state index in [0.29, 0.717) is 22.9 Å². The number of nitrogens with zero attached hydrogens (tertiary/aromatic N) is 1. The molecule has 1 aromatic carbocycles. The topological polar surface area (TPSA) is 71.1 Å². The molecule has 1 aromatic heterocycles. The van der Waals surface area contributed by atoms with Crippen molar-refractivity contribution in [3.8, 4) is 0 Å². The van der Waals surface area contributed by atoms with Gasteiger partial charge in [0.1, 0.15) is 5.69 Å². The predicted molar refractivity (Wildman–Crippen MR) is 96.6 cm³/mol. The number of rotatable bonds is 7. The highest BCUT2D eigenvalue weighted by molar-refractivity contribution is 6.03. The van der Waals surface area contributed by atoms with Crippen molar-refractivity contribution >= 4 is 23.1 Å². The van der Waals surface area contributed by atoms with Crippen LogP contribution in [0.3, 0.4) is 0 Å². The SMILES string of the molecule is CC(=O)c1ccc(NC(=O)c2ccc(NCCC(C)C)cn2)cc1. The van der Waals surface area contributed by atoms with Crippen molar-refractivity contribution in [2.24, 2.45) is 5.92 Å². The number of hydrogen-bond donors (Lipinski definition) is 2. The average molecular weight is 325 g/mol. The molecule has 0 bridgehead atoms. The largest absolute Gasteiger partial charge is 0.384 e. The molecule has 0 spiro atoms. The number of pyridine rings is 1. The molecule has 0 atom stereocenters. The van der Waals surface area contributed by atoms with Gasteiger partial charge in [0.25, 0.3) is 5.91 Å². The second-order valence-corrected chi connectivity index (χ2v) is 6.13. The summed E-state index contributed by atoms with van der Waals surface area (Å²) in [6, 6.07) is 10.3. The van der Waals surface area contributed by atoms with Gasteiger partial charge in [0.15, 0.2) is 5.78 Å². The van der Waals surface area contributed by atoms with Crippen molar-refractivity contribution in [3.63, 3.8) is 0 Å². The summed E-state index contributed by atoms with van der Waals surface area (Å²) in [7, 11) is 0. The van der Waals surface area contributed by atoms with Gasteiger partial charge >= 0.3 is 0 Å². The number of carbonyl (C=O) groups excluding carboxylic acids is 2. The Labute approximate surface area is 142 Å². The zero-order chi connectivity index (χ0) is 17.5. The fourth-order valence-electron chi connectivity index (χ4n) is 2.12. The van der Waals surface area contributed by atoms with Gasteiger partial charge in [0.2, 0.25) is 0 Å². The summed E-state index contributed by atoms with van der Waals surface area (Å²) in [4.78, 5) is 27.6. The van der Waals surface area contributed by atoms with Gasteiger partial charge in [-0.3, -0.25) is 9.59 Å². The number of aromatic nitrogens is 1. The maximum atomic E-state index is 12.2. The second kappa shape index (κ2) is 8.24. The van der Waals surface area contributed by atoms with E-state index >= 15 is 0 Å². The van der Waals surface area contributed by atoms with Gasteiger partial charge in [0.05, 0.1) is 11.9 Å². The fraction of sp³-hybridized carbons (Fsp3) is 0.316. The lowest BCUT2D eigenvalue weighted by molar-refractivity contribution is 0.101. The number of benzene rings is 1. The molecule has 0 radical (unpaired) electrons. The zero-order valence-corrected chi connectivity index (χ0v) is 14.3. The Balaban J connectivity index is 1.93. The number of nitrogens with one attached hydrogen (secondary N) is 2. The minimum absolute atomic E-state index is 0.00454. The van der Waals surface area contributed by atoms with Gasteiger partial charge in [-0.15, -0.1) is 0 Å². The number of Topliss-reactive ketones (excluding diaryl/α,β-unsaturated/α-hetero) is 1. The fourth-order valence-corrected chi connectivity index (χ4v) is 2.12. The van der Waals surface area contributed by atoms with Crippen LogP contribution in [0.15, 0.2) is 42.6 Å². The lowest BCUT2D eigenvalue weighted by Crippen LogP contribution is -2.14. The van der Waals surface area contributed by atoms with Crippen LogP contribution in [-0.2, 0) is 0 Å². The maximum absolute atomic E-state index is 12.2. The van der Waals surface area contributed by atoms with Crippen LogP contribution in [-0.4, -0.2) is 23.2 Å². The molecule has 0 aliphatic carbocycles. The highest BCUT2D eigenvalue weighted by atomic mass is 16.2.